The van der Waals surface area contributed by atoms with Gasteiger partial charge >= 0.3 is 5.97 Å². The lowest BCUT2D eigenvalue weighted by atomic mass is 10.1. The number of aromatic carboxylic acids is 1. The Labute approximate surface area is 142 Å². The van der Waals surface area contributed by atoms with Gasteiger partial charge in [-0.25, -0.2) is 9.78 Å². The first kappa shape index (κ1) is 16.4. The lowest BCUT2D eigenvalue weighted by Gasteiger charge is -2.14. The average molecular weight is 341 g/mol. The van der Waals surface area contributed by atoms with Crippen LogP contribution in [0.1, 0.15) is 16.2 Å². The van der Waals surface area contributed by atoms with Gasteiger partial charge in [-0.05, 0) is 18.2 Å². The number of nitrogens with zero attached hydrogens (tertiary/aromatic N) is 3. The van der Waals surface area contributed by atoms with E-state index >= 15 is 0 Å². The first-order valence-electron chi connectivity index (χ1n) is 7.34. The molecule has 0 spiro atoms. The number of methoxy groups -OCH3 is 2. The highest BCUT2D eigenvalue weighted by atomic mass is 16.5. The summed E-state index contributed by atoms with van der Waals surface area (Å²) >= 11 is 0. The summed E-state index contributed by atoms with van der Waals surface area (Å²) in [5, 5.41) is 9.74. The Morgan fingerprint density at radius 2 is 2.04 bits per heavy atom. The molecule has 25 heavy (non-hydrogen) atoms. The van der Waals surface area contributed by atoms with Crippen LogP contribution in [0.4, 0.5) is 0 Å². The Hall–Kier alpha value is -3.42. The highest BCUT2D eigenvalue weighted by Crippen LogP contribution is 2.25. The fraction of sp³-hybridized carbons (Fsp3) is 0.176. The van der Waals surface area contributed by atoms with Crippen molar-refractivity contribution in [2.75, 3.05) is 14.2 Å². The normalized spacial score (nSPS) is 10.6. The molecule has 0 atom stereocenters. The monoisotopic (exact) mass is 341 g/mol. The third-order valence-electron chi connectivity index (χ3n) is 3.77. The highest BCUT2D eigenvalue weighted by molar-refractivity contribution is 5.87. The number of carboxylic acid groups (broad SMARTS) is 1. The number of pyridine rings is 1. The van der Waals surface area contributed by atoms with Gasteiger partial charge in [0.25, 0.3) is 5.56 Å². The molecule has 0 unspecified atom stereocenters. The molecule has 0 amide bonds. The van der Waals surface area contributed by atoms with Crippen LogP contribution in [0.2, 0.25) is 0 Å². The van der Waals surface area contributed by atoms with Gasteiger partial charge in [-0.3, -0.25) is 14.3 Å². The first-order valence-corrected chi connectivity index (χ1v) is 7.34. The number of hydrogen-bond donors (Lipinski definition) is 1. The number of benzene rings is 1. The maximum atomic E-state index is 12.7. The van der Waals surface area contributed by atoms with Crippen molar-refractivity contribution in [3.8, 4) is 11.5 Å². The zero-order valence-corrected chi connectivity index (χ0v) is 13.6. The molecule has 0 aliphatic rings. The summed E-state index contributed by atoms with van der Waals surface area (Å²) in [4.78, 5) is 32.2. The molecule has 0 saturated heterocycles. The fourth-order valence-corrected chi connectivity index (χ4v) is 2.53. The second-order valence-electron chi connectivity index (χ2n) is 5.20. The van der Waals surface area contributed by atoms with Gasteiger partial charge in [-0.2, -0.15) is 0 Å². The van der Waals surface area contributed by atoms with Gasteiger partial charge in [0.05, 0.1) is 37.9 Å². The van der Waals surface area contributed by atoms with Crippen LogP contribution in [-0.2, 0) is 6.54 Å². The molecule has 3 aromatic rings. The van der Waals surface area contributed by atoms with E-state index in [1.807, 2.05) is 0 Å². The van der Waals surface area contributed by atoms with Gasteiger partial charge in [0.1, 0.15) is 11.5 Å². The minimum atomic E-state index is -1.30. The maximum absolute atomic E-state index is 12.7. The largest absolute Gasteiger partial charge is 0.497 e. The summed E-state index contributed by atoms with van der Waals surface area (Å²) in [7, 11) is 3.02. The molecule has 3 rings (SSSR count). The van der Waals surface area contributed by atoms with E-state index < -0.39 is 11.5 Å². The minimum absolute atomic E-state index is 0.00109. The molecule has 128 valence electrons. The Morgan fingerprint density at radius 3 is 2.72 bits per heavy atom. The van der Waals surface area contributed by atoms with Gasteiger partial charge in [0, 0.05) is 17.8 Å². The summed E-state index contributed by atoms with van der Waals surface area (Å²) < 4.78 is 11.6. The molecule has 0 saturated carbocycles. The van der Waals surface area contributed by atoms with Crippen LogP contribution in [0.5, 0.6) is 11.5 Å². The van der Waals surface area contributed by atoms with Gasteiger partial charge in [0.2, 0.25) is 5.82 Å². The standard InChI is InChI=1S/C17H15N3O5/c1-24-11-4-3-10(14(7-11)25-2)9-20-15(17(22)23)19-13-8-18-6-5-12(13)16(20)21/h3-8H,9H2,1-2H3,(H,22,23). The van der Waals surface area contributed by atoms with E-state index in [0.29, 0.717) is 22.4 Å². The van der Waals surface area contributed by atoms with Crippen molar-refractivity contribution in [3.63, 3.8) is 0 Å². The van der Waals surface area contributed by atoms with Crippen LogP contribution in [0, 0.1) is 0 Å². The number of hydrogen-bond acceptors (Lipinski definition) is 6. The number of carboxylic acids is 1. The molecule has 0 radical (unpaired) electrons. The zero-order chi connectivity index (χ0) is 18.0. The van der Waals surface area contributed by atoms with Crippen molar-refractivity contribution in [1.29, 1.82) is 0 Å². The molecule has 0 bridgehead atoms. The first-order chi connectivity index (χ1) is 12.0. The summed E-state index contributed by atoms with van der Waals surface area (Å²) in [5.41, 5.74) is 0.411. The molecule has 1 aromatic carbocycles. The van der Waals surface area contributed by atoms with Crippen molar-refractivity contribution < 1.29 is 19.4 Å². The Bertz CT molecular complexity index is 1010. The van der Waals surface area contributed by atoms with Crippen LogP contribution in [0.25, 0.3) is 10.9 Å². The van der Waals surface area contributed by atoms with Crippen LogP contribution in [0.3, 0.4) is 0 Å². The number of ether oxygens (including phenoxy) is 2. The smallest absolute Gasteiger partial charge is 0.372 e. The number of carbonyl (C=O) groups is 1. The molecule has 0 aliphatic heterocycles. The van der Waals surface area contributed by atoms with E-state index in [2.05, 4.69) is 9.97 Å². The van der Waals surface area contributed by atoms with E-state index in [0.717, 1.165) is 4.57 Å². The van der Waals surface area contributed by atoms with Crippen molar-refractivity contribution in [2.24, 2.45) is 0 Å². The summed E-state index contributed by atoms with van der Waals surface area (Å²) in [5.74, 6) is -0.578. The second kappa shape index (κ2) is 6.60. The van der Waals surface area contributed by atoms with Crippen molar-refractivity contribution in [3.05, 3.63) is 58.4 Å². The van der Waals surface area contributed by atoms with E-state index in [1.54, 1.807) is 18.2 Å². The molecule has 0 aliphatic carbocycles. The van der Waals surface area contributed by atoms with Crippen LogP contribution < -0.4 is 15.0 Å². The quantitative estimate of drug-likeness (QED) is 0.751. The molecule has 8 nitrogen and oxygen atoms in total. The number of aromatic nitrogens is 3. The third-order valence-corrected chi connectivity index (χ3v) is 3.77. The lowest BCUT2D eigenvalue weighted by molar-refractivity contribution is 0.0677. The van der Waals surface area contributed by atoms with Crippen molar-refractivity contribution >= 4 is 16.9 Å². The van der Waals surface area contributed by atoms with Crippen molar-refractivity contribution in [2.45, 2.75) is 6.54 Å². The Morgan fingerprint density at radius 1 is 1.24 bits per heavy atom. The van der Waals surface area contributed by atoms with Gasteiger partial charge in [-0.15, -0.1) is 0 Å². The van der Waals surface area contributed by atoms with E-state index in [-0.39, 0.29) is 17.9 Å². The zero-order valence-electron chi connectivity index (χ0n) is 13.6. The maximum Gasteiger partial charge on any atom is 0.372 e. The molecule has 2 heterocycles. The van der Waals surface area contributed by atoms with Gasteiger partial charge < -0.3 is 14.6 Å². The lowest BCUT2D eigenvalue weighted by Crippen LogP contribution is -2.28. The average Bonchev–Trinajstić information content (AvgIpc) is 2.63. The van der Waals surface area contributed by atoms with Crippen molar-refractivity contribution in [1.82, 2.24) is 14.5 Å². The van der Waals surface area contributed by atoms with Gasteiger partial charge in [-0.1, -0.05) is 0 Å². The molecular formula is C17H15N3O5. The SMILES string of the molecule is COc1ccc(Cn2c(C(=O)O)nc3cnccc3c2=O)c(OC)c1. The predicted molar refractivity (Wildman–Crippen MR) is 89.4 cm³/mol. The van der Waals surface area contributed by atoms with E-state index in [9.17, 15) is 14.7 Å². The summed E-state index contributed by atoms with van der Waals surface area (Å²) in [6.45, 7) is -0.00109. The van der Waals surface area contributed by atoms with Crippen LogP contribution in [-0.4, -0.2) is 39.8 Å². The Balaban J connectivity index is 2.19. The van der Waals surface area contributed by atoms with Crippen LogP contribution in [0.15, 0.2) is 41.5 Å². The molecular weight excluding hydrogens is 326 g/mol. The summed E-state index contributed by atoms with van der Waals surface area (Å²) in [6.07, 6.45) is 2.83. The third kappa shape index (κ3) is 3.01. The fourth-order valence-electron chi connectivity index (χ4n) is 2.53. The Kier molecular flexibility index (Phi) is 4.34. The predicted octanol–water partition coefficient (Wildman–Crippen LogP) is 1.56. The van der Waals surface area contributed by atoms with E-state index in [1.165, 1.54) is 32.7 Å². The number of rotatable bonds is 5. The highest BCUT2D eigenvalue weighted by Gasteiger charge is 2.18. The molecule has 2 aromatic heterocycles. The number of fused-ring (bicyclic) bond motifs is 1. The van der Waals surface area contributed by atoms with E-state index in [4.69, 9.17) is 9.47 Å². The minimum Gasteiger partial charge on any atom is -0.497 e. The topological polar surface area (TPSA) is 104 Å². The summed E-state index contributed by atoms with van der Waals surface area (Å²) in [6, 6.07) is 6.60. The molecule has 1 N–H and O–H groups in total. The molecule has 0 fully saturated rings. The van der Waals surface area contributed by atoms with Crippen LogP contribution >= 0.6 is 0 Å². The van der Waals surface area contributed by atoms with Gasteiger partial charge in [0.15, 0.2) is 0 Å². The molecule has 8 heteroatoms. The second-order valence-corrected chi connectivity index (χ2v) is 5.20.